The number of nitrogens with one attached hydrogen (secondary N) is 1. The fourth-order valence-corrected chi connectivity index (χ4v) is 3.13. The molecular weight excluding hydrogens is 314 g/mol. The third-order valence-corrected chi connectivity index (χ3v) is 4.27. The Balaban J connectivity index is 2.22. The number of Topliss-reactive ketones (excluding diaryl/α,β-unsaturated/α-hetero) is 1. The topological polar surface area (TPSA) is 58.6 Å². The van der Waals surface area contributed by atoms with Crippen molar-refractivity contribution in [1.82, 2.24) is 15.0 Å². The third-order valence-electron chi connectivity index (χ3n) is 2.57. The van der Waals surface area contributed by atoms with Gasteiger partial charge in [-0.05, 0) is 35.0 Å². The summed E-state index contributed by atoms with van der Waals surface area (Å²) in [6, 6.07) is 3.69. The molecule has 3 aromatic rings. The lowest BCUT2D eigenvalue weighted by atomic mass is 10.2. The number of imidazole rings is 1. The zero-order valence-electron chi connectivity index (χ0n) is 9.40. The molecule has 0 fully saturated rings. The number of hydrogen-bond donors (Lipinski definition) is 1. The van der Waals surface area contributed by atoms with Gasteiger partial charge in [-0.3, -0.25) is 4.79 Å². The van der Waals surface area contributed by atoms with Crippen LogP contribution in [0.4, 0.5) is 0 Å². The molecule has 0 saturated carbocycles. The quantitative estimate of drug-likeness (QED) is 0.733. The van der Waals surface area contributed by atoms with Crippen LogP contribution in [0.5, 0.6) is 0 Å². The van der Waals surface area contributed by atoms with Crippen LogP contribution in [-0.4, -0.2) is 20.7 Å². The maximum atomic E-state index is 11.5. The number of thiophene rings is 1. The molecule has 0 unspecified atom stereocenters. The predicted molar refractivity (Wildman–Crippen MR) is 74.9 cm³/mol. The van der Waals surface area contributed by atoms with Crippen LogP contribution in [0, 0.1) is 0 Å². The van der Waals surface area contributed by atoms with E-state index < -0.39 is 0 Å². The Morgan fingerprint density at radius 1 is 1.50 bits per heavy atom. The zero-order chi connectivity index (χ0) is 12.7. The van der Waals surface area contributed by atoms with E-state index in [9.17, 15) is 4.79 Å². The van der Waals surface area contributed by atoms with Crippen molar-refractivity contribution in [2.45, 2.75) is 6.92 Å². The average molecular weight is 322 g/mol. The summed E-state index contributed by atoms with van der Waals surface area (Å²) in [5.41, 5.74) is 1.89. The number of rotatable bonds is 2. The number of fused-ring (bicyclic) bond motifs is 1. The lowest BCUT2D eigenvalue weighted by molar-refractivity contribution is 0.101. The largest absolute Gasteiger partial charge is 0.335 e. The van der Waals surface area contributed by atoms with Gasteiger partial charge in [-0.2, -0.15) is 0 Å². The van der Waals surface area contributed by atoms with Crippen molar-refractivity contribution in [2.24, 2.45) is 0 Å². The fourth-order valence-electron chi connectivity index (χ4n) is 1.76. The SMILES string of the molecule is CC(=O)c1ccnc2nc(-c3cc(Br)cs3)[nH]c12. The molecule has 3 aromatic heterocycles. The van der Waals surface area contributed by atoms with Gasteiger partial charge in [0.25, 0.3) is 0 Å². The molecule has 0 aliphatic carbocycles. The number of aromatic amines is 1. The highest BCUT2D eigenvalue weighted by Gasteiger charge is 2.13. The first kappa shape index (κ1) is 11.6. The van der Waals surface area contributed by atoms with Crippen LogP contribution in [0.2, 0.25) is 0 Å². The van der Waals surface area contributed by atoms with Gasteiger partial charge in [0.2, 0.25) is 0 Å². The second-order valence-corrected chi connectivity index (χ2v) is 5.65. The summed E-state index contributed by atoms with van der Waals surface area (Å²) in [6.07, 6.45) is 1.61. The van der Waals surface area contributed by atoms with Gasteiger partial charge in [-0.1, -0.05) is 0 Å². The summed E-state index contributed by atoms with van der Waals surface area (Å²) in [5, 5.41) is 1.99. The van der Waals surface area contributed by atoms with Crippen LogP contribution in [0.3, 0.4) is 0 Å². The molecule has 1 N–H and O–H groups in total. The Morgan fingerprint density at radius 3 is 3.00 bits per heavy atom. The molecule has 3 rings (SSSR count). The van der Waals surface area contributed by atoms with Crippen LogP contribution >= 0.6 is 27.3 Å². The molecule has 4 nitrogen and oxygen atoms in total. The molecule has 0 atom stereocenters. The number of aromatic nitrogens is 3. The predicted octanol–water partition coefficient (Wildman–Crippen LogP) is 3.65. The molecule has 0 amide bonds. The van der Waals surface area contributed by atoms with Gasteiger partial charge < -0.3 is 4.98 Å². The Kier molecular flexibility index (Phi) is 2.76. The molecule has 0 saturated heterocycles. The first-order valence-corrected chi connectivity index (χ1v) is 6.92. The normalized spacial score (nSPS) is 11.0. The number of ketones is 1. The van der Waals surface area contributed by atoms with Crippen molar-refractivity contribution in [3.8, 4) is 10.7 Å². The number of carbonyl (C=O) groups is 1. The van der Waals surface area contributed by atoms with E-state index in [-0.39, 0.29) is 5.78 Å². The summed E-state index contributed by atoms with van der Waals surface area (Å²) >= 11 is 4.99. The standard InChI is InChI=1S/C12H8BrN3OS/c1-6(17)8-2-3-14-12-10(8)15-11(16-12)9-4-7(13)5-18-9/h2-5H,1H3,(H,14,15,16). The minimum Gasteiger partial charge on any atom is -0.335 e. The van der Waals surface area contributed by atoms with Crippen LogP contribution in [0.1, 0.15) is 17.3 Å². The Bertz CT molecular complexity index is 747. The van der Waals surface area contributed by atoms with E-state index in [1.54, 1.807) is 23.6 Å². The summed E-state index contributed by atoms with van der Waals surface area (Å²) in [4.78, 5) is 24.3. The van der Waals surface area contributed by atoms with Crippen molar-refractivity contribution in [2.75, 3.05) is 0 Å². The molecule has 3 heterocycles. The first-order chi connectivity index (χ1) is 8.65. The summed E-state index contributed by atoms with van der Waals surface area (Å²) in [6.45, 7) is 1.54. The van der Waals surface area contributed by atoms with Crippen LogP contribution < -0.4 is 0 Å². The molecule has 18 heavy (non-hydrogen) atoms. The Hall–Kier alpha value is -1.53. The van der Waals surface area contributed by atoms with Crippen LogP contribution in [0.15, 0.2) is 28.2 Å². The Labute approximate surface area is 115 Å². The highest BCUT2D eigenvalue weighted by molar-refractivity contribution is 9.10. The van der Waals surface area contributed by atoms with Crippen molar-refractivity contribution in [3.05, 3.63) is 33.7 Å². The maximum absolute atomic E-state index is 11.5. The number of H-pyrrole nitrogens is 1. The minimum atomic E-state index is 0.00459. The lowest BCUT2D eigenvalue weighted by Crippen LogP contribution is -1.94. The van der Waals surface area contributed by atoms with Gasteiger partial charge in [0, 0.05) is 21.6 Å². The highest BCUT2D eigenvalue weighted by atomic mass is 79.9. The molecule has 0 aliphatic heterocycles. The maximum Gasteiger partial charge on any atom is 0.178 e. The number of halogens is 1. The van der Waals surface area contributed by atoms with Gasteiger partial charge in [-0.15, -0.1) is 11.3 Å². The van der Waals surface area contributed by atoms with Gasteiger partial charge in [0.05, 0.1) is 10.4 Å². The van der Waals surface area contributed by atoms with Crippen molar-refractivity contribution >= 4 is 44.2 Å². The second-order valence-electron chi connectivity index (χ2n) is 3.83. The number of nitrogens with zero attached hydrogens (tertiary/aromatic N) is 2. The van der Waals surface area contributed by atoms with Gasteiger partial charge in [0.1, 0.15) is 0 Å². The minimum absolute atomic E-state index is 0.00459. The zero-order valence-corrected chi connectivity index (χ0v) is 11.8. The summed E-state index contributed by atoms with van der Waals surface area (Å²) < 4.78 is 1.02. The van der Waals surface area contributed by atoms with Crippen molar-refractivity contribution in [1.29, 1.82) is 0 Å². The van der Waals surface area contributed by atoms with E-state index in [4.69, 9.17) is 0 Å². The average Bonchev–Trinajstić information content (AvgIpc) is 2.93. The first-order valence-electron chi connectivity index (χ1n) is 5.25. The summed E-state index contributed by atoms with van der Waals surface area (Å²) in [7, 11) is 0. The molecular formula is C12H8BrN3OS. The second kappa shape index (κ2) is 4.29. The molecule has 0 aliphatic rings. The van der Waals surface area contributed by atoms with Gasteiger partial charge >= 0.3 is 0 Å². The van der Waals surface area contributed by atoms with Crippen LogP contribution in [0.25, 0.3) is 21.9 Å². The third kappa shape index (κ3) is 1.87. The number of carbonyl (C=O) groups excluding carboxylic acids is 1. The lowest BCUT2D eigenvalue weighted by Gasteiger charge is -1.94. The van der Waals surface area contributed by atoms with Gasteiger partial charge in [0.15, 0.2) is 17.3 Å². The molecule has 0 aromatic carbocycles. The fraction of sp³-hybridized carbons (Fsp3) is 0.0833. The van der Waals surface area contributed by atoms with Crippen molar-refractivity contribution in [3.63, 3.8) is 0 Å². The van der Waals surface area contributed by atoms with Crippen molar-refractivity contribution < 1.29 is 4.79 Å². The molecule has 0 spiro atoms. The highest BCUT2D eigenvalue weighted by Crippen LogP contribution is 2.29. The molecule has 6 heteroatoms. The number of pyridine rings is 1. The van der Waals surface area contributed by atoms with E-state index in [0.717, 1.165) is 15.2 Å². The Morgan fingerprint density at radius 2 is 2.33 bits per heavy atom. The van der Waals surface area contributed by atoms with Crippen LogP contribution in [-0.2, 0) is 0 Å². The van der Waals surface area contributed by atoms with E-state index in [1.807, 2.05) is 11.4 Å². The smallest absolute Gasteiger partial charge is 0.178 e. The van der Waals surface area contributed by atoms with E-state index in [1.165, 1.54) is 6.92 Å². The summed E-state index contributed by atoms with van der Waals surface area (Å²) in [5.74, 6) is 0.742. The van der Waals surface area contributed by atoms with E-state index >= 15 is 0 Å². The monoisotopic (exact) mass is 321 g/mol. The molecule has 0 bridgehead atoms. The molecule has 0 radical (unpaired) electrons. The number of hydrogen-bond acceptors (Lipinski definition) is 4. The van der Waals surface area contributed by atoms with Gasteiger partial charge in [-0.25, -0.2) is 9.97 Å². The molecule has 90 valence electrons. The van der Waals surface area contributed by atoms with E-state index in [2.05, 4.69) is 30.9 Å². The van der Waals surface area contributed by atoms with E-state index in [0.29, 0.717) is 16.7 Å².